The number of sulfonamides is 1. The Hall–Kier alpha value is -2.39. The first kappa shape index (κ1) is 30.6. The molecule has 2 heterocycles. The normalized spacial score (nSPS) is 21.3. The lowest BCUT2D eigenvalue weighted by molar-refractivity contribution is -0.208. The van der Waals surface area contributed by atoms with Crippen molar-refractivity contribution in [2.75, 3.05) is 43.6 Å². The van der Waals surface area contributed by atoms with E-state index in [1.165, 1.54) is 13.3 Å². The molecular weight excluding hydrogens is 573 g/mol. The molecule has 15 heteroatoms. The van der Waals surface area contributed by atoms with Gasteiger partial charge in [-0.05, 0) is 48.9 Å². The highest BCUT2D eigenvalue weighted by Crippen LogP contribution is 2.34. The topological polar surface area (TPSA) is 129 Å². The van der Waals surface area contributed by atoms with Crippen LogP contribution in [0.1, 0.15) is 36.8 Å². The number of aliphatic hydroxyl groups is 1. The lowest BCUT2D eigenvalue weighted by Gasteiger charge is -2.32. The number of halogens is 4. The van der Waals surface area contributed by atoms with Gasteiger partial charge >= 0.3 is 6.18 Å². The zero-order valence-electron chi connectivity index (χ0n) is 22.3. The van der Waals surface area contributed by atoms with E-state index < -0.39 is 28.8 Å². The first-order valence-electron chi connectivity index (χ1n) is 13.0. The Morgan fingerprint density at radius 3 is 2.45 bits per heavy atom. The van der Waals surface area contributed by atoms with Gasteiger partial charge in [0.25, 0.3) is 0 Å². The van der Waals surface area contributed by atoms with Crippen LogP contribution < -0.4 is 20.1 Å². The molecule has 10 nitrogen and oxygen atoms in total. The maximum atomic E-state index is 12.8. The molecule has 1 fully saturated rings. The molecule has 1 aliphatic carbocycles. The van der Waals surface area contributed by atoms with Gasteiger partial charge in [0.05, 0.1) is 25.2 Å². The van der Waals surface area contributed by atoms with Gasteiger partial charge < -0.3 is 20.5 Å². The number of nitrogens with zero attached hydrogens (tertiary/aromatic N) is 3. The van der Waals surface area contributed by atoms with E-state index in [2.05, 4.69) is 25.3 Å². The molecule has 1 aromatic heterocycles. The molecule has 222 valence electrons. The molecule has 40 heavy (non-hydrogen) atoms. The van der Waals surface area contributed by atoms with E-state index in [4.69, 9.17) is 16.3 Å². The minimum absolute atomic E-state index is 0.204. The third kappa shape index (κ3) is 8.09. The standard InChI is InChI=1S/C25H34ClF3N6O4S/c1-39-21-12-16-8-10-35(14-22(36)25(27,28)29)9-7-15(16)11-20(21)32-24-30-13-17(26)23(33-24)31-18-5-3-4-6-19(18)34-40(2,37)38/h11-13,18-19,22,34,36H,3-10,14H2,1-2H3,(H2,30,31,32,33)/t18-,19-,22+/m1/s1. The lowest BCUT2D eigenvalue weighted by atomic mass is 9.91. The van der Waals surface area contributed by atoms with Gasteiger partial charge in [0.1, 0.15) is 10.8 Å². The second-order valence-electron chi connectivity index (χ2n) is 10.2. The van der Waals surface area contributed by atoms with Crippen molar-refractivity contribution in [2.45, 2.75) is 62.9 Å². The Bertz CT molecular complexity index is 1300. The molecule has 2 aliphatic rings. The Kier molecular flexibility index (Phi) is 9.66. The molecule has 2 aromatic rings. The average Bonchev–Trinajstić information content (AvgIpc) is 3.07. The summed E-state index contributed by atoms with van der Waals surface area (Å²) in [6, 6.07) is 3.22. The predicted molar refractivity (Wildman–Crippen MR) is 147 cm³/mol. The van der Waals surface area contributed by atoms with Gasteiger partial charge in [-0.2, -0.15) is 18.2 Å². The third-order valence-corrected chi connectivity index (χ3v) is 8.18. The highest BCUT2D eigenvalue weighted by atomic mass is 35.5. The van der Waals surface area contributed by atoms with Gasteiger partial charge in [0.15, 0.2) is 11.9 Å². The van der Waals surface area contributed by atoms with Gasteiger partial charge in [0, 0.05) is 31.7 Å². The number of nitrogens with one attached hydrogen (secondary N) is 3. The van der Waals surface area contributed by atoms with Crippen LogP contribution >= 0.6 is 11.6 Å². The fourth-order valence-electron chi connectivity index (χ4n) is 5.14. The van der Waals surface area contributed by atoms with E-state index >= 15 is 0 Å². The van der Waals surface area contributed by atoms with Crippen LogP contribution in [-0.2, 0) is 22.9 Å². The fraction of sp³-hybridized carbons (Fsp3) is 0.600. The van der Waals surface area contributed by atoms with Crippen LogP contribution in [0.25, 0.3) is 0 Å². The van der Waals surface area contributed by atoms with Crippen molar-refractivity contribution in [3.8, 4) is 5.75 Å². The predicted octanol–water partition coefficient (Wildman–Crippen LogP) is 3.48. The number of methoxy groups -OCH3 is 1. The second kappa shape index (κ2) is 12.6. The van der Waals surface area contributed by atoms with Crippen LogP contribution in [0.15, 0.2) is 18.3 Å². The van der Waals surface area contributed by atoms with E-state index in [0.717, 1.165) is 36.6 Å². The van der Waals surface area contributed by atoms with Crippen molar-refractivity contribution in [3.05, 3.63) is 34.5 Å². The third-order valence-electron chi connectivity index (χ3n) is 7.17. The van der Waals surface area contributed by atoms with Crippen molar-refractivity contribution in [2.24, 2.45) is 0 Å². The summed E-state index contributed by atoms with van der Waals surface area (Å²) in [5, 5.41) is 16.2. The Morgan fingerprint density at radius 2 is 1.82 bits per heavy atom. The second-order valence-corrected chi connectivity index (χ2v) is 12.4. The molecular formula is C25H34ClF3N6O4S. The smallest absolute Gasteiger partial charge is 0.415 e. The van der Waals surface area contributed by atoms with E-state index in [1.807, 2.05) is 12.1 Å². The monoisotopic (exact) mass is 606 g/mol. The maximum absolute atomic E-state index is 12.8. The summed E-state index contributed by atoms with van der Waals surface area (Å²) in [5.41, 5.74) is 2.47. The summed E-state index contributed by atoms with van der Waals surface area (Å²) in [6.07, 6.45) is -0.194. The minimum atomic E-state index is -4.66. The summed E-state index contributed by atoms with van der Waals surface area (Å²) in [7, 11) is -1.87. The SMILES string of the molecule is COc1cc2c(cc1Nc1ncc(Cl)c(N[C@@H]3CCCC[C@H]3NS(C)(=O)=O)n1)CCN(C[C@H](O)C(F)(F)F)CC2. The zero-order chi connectivity index (χ0) is 29.1. The summed E-state index contributed by atoms with van der Waals surface area (Å²) >= 11 is 6.38. The van der Waals surface area contributed by atoms with Gasteiger partial charge in [-0.25, -0.2) is 18.1 Å². The molecule has 1 aromatic carbocycles. The number of alkyl halides is 3. The molecule has 1 aliphatic heterocycles. The molecule has 0 bridgehead atoms. The summed E-state index contributed by atoms with van der Waals surface area (Å²) in [4.78, 5) is 10.4. The molecule has 0 amide bonds. The number of benzene rings is 1. The molecule has 4 N–H and O–H groups in total. The number of β-amino-alcohol motifs (C(OH)–C–C–N with tert-alkyl or cyclic N) is 1. The molecule has 0 unspecified atom stereocenters. The zero-order valence-corrected chi connectivity index (χ0v) is 23.8. The first-order valence-corrected chi connectivity index (χ1v) is 15.3. The first-order chi connectivity index (χ1) is 18.8. The number of hydrogen-bond acceptors (Lipinski definition) is 9. The van der Waals surface area contributed by atoms with Crippen LogP contribution in [0.2, 0.25) is 5.02 Å². The van der Waals surface area contributed by atoms with Crippen molar-refractivity contribution in [1.29, 1.82) is 0 Å². The number of aromatic nitrogens is 2. The van der Waals surface area contributed by atoms with Crippen LogP contribution in [-0.4, -0.2) is 85.8 Å². The number of ether oxygens (including phenoxy) is 1. The van der Waals surface area contributed by atoms with Crippen LogP contribution in [0.3, 0.4) is 0 Å². The molecule has 0 radical (unpaired) electrons. The van der Waals surface area contributed by atoms with Gasteiger partial charge in [0.2, 0.25) is 16.0 Å². The highest BCUT2D eigenvalue weighted by Gasteiger charge is 2.39. The Labute approximate surface area is 236 Å². The molecule has 1 saturated carbocycles. The van der Waals surface area contributed by atoms with E-state index in [-0.39, 0.29) is 23.1 Å². The number of fused-ring (bicyclic) bond motifs is 1. The van der Waals surface area contributed by atoms with Crippen molar-refractivity contribution in [1.82, 2.24) is 19.6 Å². The van der Waals surface area contributed by atoms with Crippen molar-refractivity contribution in [3.63, 3.8) is 0 Å². The quantitative estimate of drug-likeness (QED) is 0.339. The number of hydrogen-bond donors (Lipinski definition) is 4. The van der Waals surface area contributed by atoms with Gasteiger partial charge in [-0.3, -0.25) is 4.90 Å². The maximum Gasteiger partial charge on any atom is 0.415 e. The fourth-order valence-corrected chi connectivity index (χ4v) is 6.12. The van der Waals surface area contributed by atoms with Crippen LogP contribution in [0.5, 0.6) is 5.75 Å². The van der Waals surface area contributed by atoms with E-state index in [0.29, 0.717) is 49.6 Å². The minimum Gasteiger partial charge on any atom is -0.495 e. The van der Waals surface area contributed by atoms with Gasteiger partial charge in [-0.15, -0.1) is 0 Å². The lowest BCUT2D eigenvalue weighted by Crippen LogP contribution is -2.48. The number of rotatable bonds is 9. The summed E-state index contributed by atoms with van der Waals surface area (Å²) < 4.78 is 70.5. The largest absolute Gasteiger partial charge is 0.495 e. The Balaban J connectivity index is 1.50. The van der Waals surface area contributed by atoms with Crippen molar-refractivity contribution < 1.29 is 31.4 Å². The van der Waals surface area contributed by atoms with Crippen molar-refractivity contribution >= 4 is 39.1 Å². The van der Waals surface area contributed by atoms with Crippen LogP contribution in [0.4, 0.5) is 30.6 Å². The molecule has 0 spiro atoms. The molecule has 3 atom stereocenters. The Morgan fingerprint density at radius 1 is 1.18 bits per heavy atom. The summed E-state index contributed by atoms with van der Waals surface area (Å²) in [6.45, 7) is 0.263. The van der Waals surface area contributed by atoms with Gasteiger partial charge in [-0.1, -0.05) is 24.4 Å². The summed E-state index contributed by atoms with van der Waals surface area (Å²) in [5.74, 6) is 1.11. The highest BCUT2D eigenvalue weighted by molar-refractivity contribution is 7.88. The molecule has 4 rings (SSSR count). The average molecular weight is 607 g/mol. The molecule has 0 saturated heterocycles. The van der Waals surface area contributed by atoms with E-state index in [1.54, 1.807) is 4.90 Å². The number of aliphatic hydroxyl groups excluding tert-OH is 1. The van der Waals surface area contributed by atoms with E-state index in [9.17, 15) is 26.7 Å². The number of anilines is 3. The van der Waals surface area contributed by atoms with Crippen LogP contribution in [0, 0.1) is 0 Å².